The molecular weight excluding hydrogens is 418 g/mol. The van der Waals surface area contributed by atoms with Gasteiger partial charge in [0.2, 0.25) is 15.9 Å². The average Bonchev–Trinajstić information content (AvgIpc) is 3.20. The van der Waals surface area contributed by atoms with E-state index >= 15 is 0 Å². The van der Waals surface area contributed by atoms with E-state index in [1.165, 1.54) is 22.9 Å². The van der Waals surface area contributed by atoms with Crippen molar-refractivity contribution in [1.82, 2.24) is 14.4 Å². The highest BCUT2D eigenvalue weighted by Gasteiger charge is 2.32. The first-order valence-electron chi connectivity index (χ1n) is 9.88. The maximum atomic E-state index is 13.0. The third-order valence-corrected chi connectivity index (χ3v) is 10.4. The number of unbranched alkanes of at least 4 members (excludes halogenated alkanes) is 1. The number of aryl methyl sites for hydroxylation is 2. The zero-order valence-corrected chi connectivity index (χ0v) is 19.0. The fourth-order valence-electron chi connectivity index (χ4n) is 3.73. The molecular formula is C18H29N3O4S3. The molecule has 0 saturated carbocycles. The quantitative estimate of drug-likeness (QED) is 0.469. The monoisotopic (exact) mass is 447 g/mol. The Morgan fingerprint density at radius 3 is 2.71 bits per heavy atom. The Morgan fingerprint density at radius 2 is 2.04 bits per heavy atom. The Hall–Kier alpha value is -0.710. The molecule has 2 aliphatic rings. The van der Waals surface area contributed by atoms with Crippen LogP contribution in [0.1, 0.15) is 50.0 Å². The van der Waals surface area contributed by atoms with Crippen molar-refractivity contribution in [2.24, 2.45) is 0 Å². The summed E-state index contributed by atoms with van der Waals surface area (Å²) in [6.07, 6.45) is 5.67. The van der Waals surface area contributed by atoms with E-state index in [9.17, 15) is 13.2 Å². The molecule has 2 aliphatic heterocycles. The van der Waals surface area contributed by atoms with E-state index in [-0.39, 0.29) is 10.8 Å². The molecule has 0 spiro atoms. The predicted molar refractivity (Wildman–Crippen MR) is 113 cm³/mol. The van der Waals surface area contributed by atoms with Gasteiger partial charge in [-0.15, -0.1) is 0 Å². The summed E-state index contributed by atoms with van der Waals surface area (Å²) in [5.41, 5.74) is 0.383. The summed E-state index contributed by atoms with van der Waals surface area (Å²) in [6.45, 7) is 5.03. The van der Waals surface area contributed by atoms with Crippen LogP contribution in [0.4, 0.5) is 0 Å². The molecule has 3 heterocycles. The third kappa shape index (κ3) is 5.25. The van der Waals surface area contributed by atoms with Crippen molar-refractivity contribution in [2.45, 2.75) is 62.5 Å². The average molecular weight is 448 g/mol. The van der Waals surface area contributed by atoms with Gasteiger partial charge in [-0.2, -0.15) is 4.31 Å². The number of hydrogen-bond donors (Lipinski definition) is 0. The summed E-state index contributed by atoms with van der Waals surface area (Å²) in [5, 5.41) is 4.52. The molecule has 0 aromatic carbocycles. The molecule has 158 valence electrons. The van der Waals surface area contributed by atoms with Crippen molar-refractivity contribution in [2.75, 3.05) is 31.9 Å². The van der Waals surface area contributed by atoms with Gasteiger partial charge in [-0.25, -0.2) is 8.42 Å². The molecule has 10 heteroatoms. The van der Waals surface area contributed by atoms with Gasteiger partial charge in [-0.3, -0.25) is 4.79 Å². The van der Waals surface area contributed by atoms with Crippen LogP contribution in [0.3, 0.4) is 0 Å². The second-order valence-corrected chi connectivity index (χ2v) is 12.0. The zero-order chi connectivity index (χ0) is 20.1. The lowest BCUT2D eigenvalue weighted by molar-refractivity contribution is -0.131. The van der Waals surface area contributed by atoms with Crippen LogP contribution >= 0.6 is 21.6 Å². The SMILES string of the molecule is Cc1noc(C)c1S(=O)(=O)N1CCCN(C(=O)CCCCC2CCSS2)CC1. The van der Waals surface area contributed by atoms with E-state index in [1.807, 2.05) is 26.5 Å². The summed E-state index contributed by atoms with van der Waals surface area (Å²) in [4.78, 5) is 14.5. The Balaban J connectivity index is 1.49. The van der Waals surface area contributed by atoms with Crippen molar-refractivity contribution in [1.29, 1.82) is 0 Å². The number of sulfonamides is 1. The summed E-state index contributed by atoms with van der Waals surface area (Å²) in [7, 11) is 0.287. The highest BCUT2D eigenvalue weighted by atomic mass is 33.1. The number of carbonyl (C=O) groups excluding carboxylic acids is 1. The van der Waals surface area contributed by atoms with Crippen LogP contribution in [-0.2, 0) is 14.8 Å². The number of amides is 1. The molecule has 2 saturated heterocycles. The van der Waals surface area contributed by atoms with E-state index in [0.717, 1.165) is 18.1 Å². The third-order valence-electron chi connectivity index (χ3n) is 5.27. The van der Waals surface area contributed by atoms with Gasteiger partial charge in [0.1, 0.15) is 10.6 Å². The van der Waals surface area contributed by atoms with Crippen molar-refractivity contribution in [3.8, 4) is 0 Å². The van der Waals surface area contributed by atoms with Crippen LogP contribution < -0.4 is 0 Å². The van der Waals surface area contributed by atoms with E-state index in [1.54, 1.807) is 13.8 Å². The van der Waals surface area contributed by atoms with Gasteiger partial charge in [0, 0.05) is 43.6 Å². The summed E-state index contributed by atoms with van der Waals surface area (Å²) >= 11 is 0. The highest BCUT2D eigenvalue weighted by molar-refractivity contribution is 8.77. The first kappa shape index (κ1) is 22.0. The molecule has 0 radical (unpaired) electrons. The van der Waals surface area contributed by atoms with E-state index in [2.05, 4.69) is 5.16 Å². The van der Waals surface area contributed by atoms with Gasteiger partial charge in [0.25, 0.3) is 0 Å². The summed E-state index contributed by atoms with van der Waals surface area (Å²) in [6, 6.07) is 0. The number of aromatic nitrogens is 1. The Kier molecular flexibility index (Phi) is 7.74. The number of rotatable bonds is 7. The molecule has 0 N–H and O–H groups in total. The van der Waals surface area contributed by atoms with Gasteiger partial charge in [0.15, 0.2) is 5.76 Å². The van der Waals surface area contributed by atoms with Gasteiger partial charge in [-0.05, 0) is 39.5 Å². The summed E-state index contributed by atoms with van der Waals surface area (Å²) in [5.74, 6) is 1.70. The van der Waals surface area contributed by atoms with Gasteiger partial charge in [0.05, 0.1) is 0 Å². The molecule has 1 unspecified atom stereocenters. The lowest BCUT2D eigenvalue weighted by atomic mass is 10.1. The second-order valence-electron chi connectivity index (χ2n) is 7.37. The van der Waals surface area contributed by atoms with Crippen molar-refractivity contribution in [3.05, 3.63) is 11.5 Å². The highest BCUT2D eigenvalue weighted by Crippen LogP contribution is 2.39. The molecule has 0 aliphatic carbocycles. The van der Waals surface area contributed by atoms with E-state index in [4.69, 9.17) is 4.52 Å². The molecule has 1 amide bonds. The molecule has 3 rings (SSSR count). The number of carbonyl (C=O) groups is 1. The van der Waals surface area contributed by atoms with Crippen LogP contribution in [-0.4, -0.2) is 65.9 Å². The van der Waals surface area contributed by atoms with E-state index < -0.39 is 10.0 Å². The van der Waals surface area contributed by atoms with Gasteiger partial charge >= 0.3 is 0 Å². The molecule has 1 aromatic rings. The first-order valence-corrected chi connectivity index (χ1v) is 13.7. The van der Waals surface area contributed by atoms with Crippen LogP contribution in [0.5, 0.6) is 0 Å². The minimum Gasteiger partial charge on any atom is -0.360 e. The van der Waals surface area contributed by atoms with Crippen LogP contribution in [0.25, 0.3) is 0 Å². The molecule has 0 bridgehead atoms. The van der Waals surface area contributed by atoms with Crippen molar-refractivity contribution in [3.63, 3.8) is 0 Å². The standard InChI is InChI=1S/C18H29N3O4S3/c1-14-18(15(2)25-19-14)28(23,24)21-10-5-9-20(11-12-21)17(22)7-4-3-6-16-8-13-26-27-16/h16H,3-13H2,1-2H3. The molecule has 1 atom stereocenters. The normalized spacial score (nSPS) is 21.8. The fraction of sp³-hybridized carbons (Fsp3) is 0.778. The number of hydrogen-bond acceptors (Lipinski definition) is 7. The van der Waals surface area contributed by atoms with Crippen molar-refractivity contribution >= 4 is 37.5 Å². The van der Waals surface area contributed by atoms with Crippen LogP contribution in [0.15, 0.2) is 9.42 Å². The smallest absolute Gasteiger partial charge is 0.248 e. The second kappa shape index (κ2) is 9.86. The van der Waals surface area contributed by atoms with Crippen LogP contribution in [0.2, 0.25) is 0 Å². The number of nitrogens with zero attached hydrogens (tertiary/aromatic N) is 3. The Morgan fingerprint density at radius 1 is 1.21 bits per heavy atom. The predicted octanol–water partition coefficient (Wildman–Crippen LogP) is 3.23. The van der Waals surface area contributed by atoms with Crippen molar-refractivity contribution < 1.29 is 17.7 Å². The molecule has 28 heavy (non-hydrogen) atoms. The molecule has 2 fully saturated rings. The first-order chi connectivity index (χ1) is 13.4. The topological polar surface area (TPSA) is 83.7 Å². The zero-order valence-electron chi connectivity index (χ0n) is 16.6. The minimum absolute atomic E-state index is 0.144. The van der Waals surface area contributed by atoms with E-state index in [0.29, 0.717) is 50.5 Å². The summed E-state index contributed by atoms with van der Waals surface area (Å²) < 4.78 is 32.4. The molecule has 7 nitrogen and oxygen atoms in total. The van der Waals surface area contributed by atoms with Gasteiger partial charge < -0.3 is 9.42 Å². The maximum absolute atomic E-state index is 13.0. The minimum atomic E-state index is -3.65. The van der Waals surface area contributed by atoms with Crippen LogP contribution in [0, 0.1) is 13.8 Å². The fourth-order valence-corrected chi connectivity index (χ4v) is 8.51. The lowest BCUT2D eigenvalue weighted by Gasteiger charge is -2.22. The molecule has 1 aromatic heterocycles. The Labute approximate surface area is 175 Å². The largest absolute Gasteiger partial charge is 0.360 e. The Bertz CT molecular complexity index is 756. The van der Waals surface area contributed by atoms with Gasteiger partial charge in [-0.1, -0.05) is 33.2 Å². The maximum Gasteiger partial charge on any atom is 0.248 e. The lowest BCUT2D eigenvalue weighted by Crippen LogP contribution is -2.37.